The molecule has 0 unspecified atom stereocenters. The van der Waals surface area contributed by atoms with Gasteiger partial charge in [-0.25, -0.2) is 4.98 Å². The third kappa shape index (κ3) is 2.80. The average Bonchev–Trinajstić information content (AvgIpc) is 3.13. The van der Waals surface area contributed by atoms with E-state index in [1.165, 1.54) is 10.7 Å². The van der Waals surface area contributed by atoms with Crippen LogP contribution in [0.15, 0.2) is 36.7 Å². The van der Waals surface area contributed by atoms with Gasteiger partial charge in [0.05, 0.1) is 0 Å². The van der Waals surface area contributed by atoms with Crippen LogP contribution in [0.5, 0.6) is 0 Å². The predicted octanol–water partition coefficient (Wildman–Crippen LogP) is 1.97. The Morgan fingerprint density at radius 1 is 1.00 bits per heavy atom. The van der Waals surface area contributed by atoms with Gasteiger partial charge in [0.25, 0.3) is 11.8 Å². The van der Waals surface area contributed by atoms with Crippen LogP contribution in [0.3, 0.4) is 0 Å². The quantitative estimate of drug-likeness (QED) is 0.643. The average molecular weight is 368 g/mol. The number of rotatable bonds is 2. The first-order valence-corrected chi connectivity index (χ1v) is 8.80. The minimum atomic E-state index is -0.386. The molecule has 3 heterocycles. The summed E-state index contributed by atoms with van der Waals surface area (Å²) in [5.74, 6) is -0.564. The summed E-state index contributed by atoms with van der Waals surface area (Å²) in [7, 11) is 0. The van der Waals surface area contributed by atoms with Gasteiger partial charge >= 0.3 is 0 Å². The molecule has 1 aromatic carbocycles. The molecule has 9 heteroatoms. The van der Waals surface area contributed by atoms with Crippen LogP contribution in [0.4, 0.5) is 0 Å². The standard InChI is InChI=1S/C17H16N6O2S/c24-15(12-7-3-1-4-8-12)23-17(26)22-11-18-13(14(22)19-20-23)16(25)21-9-5-2-6-10-21/h1,3-4,7-8,11H,2,5-6,9-10H2. The Labute approximate surface area is 154 Å². The number of amides is 1. The topological polar surface area (TPSA) is 85.4 Å². The van der Waals surface area contributed by atoms with Crippen molar-refractivity contribution in [2.24, 2.45) is 0 Å². The smallest absolute Gasteiger partial charge is 0.282 e. The van der Waals surface area contributed by atoms with Crippen molar-refractivity contribution in [3.05, 3.63) is 52.7 Å². The third-order valence-electron chi connectivity index (χ3n) is 4.42. The molecule has 1 amide bonds. The molecule has 1 aliphatic rings. The molecule has 26 heavy (non-hydrogen) atoms. The van der Waals surface area contributed by atoms with E-state index >= 15 is 0 Å². The molecule has 4 rings (SSSR count). The van der Waals surface area contributed by atoms with Crippen molar-refractivity contribution < 1.29 is 9.59 Å². The molecular weight excluding hydrogens is 352 g/mol. The number of hydrogen-bond donors (Lipinski definition) is 0. The molecule has 1 fully saturated rings. The zero-order chi connectivity index (χ0) is 18.1. The van der Waals surface area contributed by atoms with Crippen LogP contribution < -0.4 is 0 Å². The Morgan fingerprint density at radius 2 is 1.73 bits per heavy atom. The number of carbonyl (C=O) groups excluding carboxylic acids is 2. The van der Waals surface area contributed by atoms with Gasteiger partial charge in [0.1, 0.15) is 6.33 Å². The fourth-order valence-corrected chi connectivity index (χ4v) is 3.29. The summed E-state index contributed by atoms with van der Waals surface area (Å²) < 4.78 is 2.60. The third-order valence-corrected chi connectivity index (χ3v) is 4.79. The maximum Gasteiger partial charge on any atom is 0.282 e. The molecule has 1 aliphatic heterocycles. The monoisotopic (exact) mass is 368 g/mol. The van der Waals surface area contributed by atoms with Gasteiger partial charge in [-0.15, -0.1) is 9.78 Å². The van der Waals surface area contributed by atoms with Crippen LogP contribution in [0.25, 0.3) is 5.65 Å². The van der Waals surface area contributed by atoms with Crippen LogP contribution in [-0.2, 0) is 0 Å². The summed E-state index contributed by atoms with van der Waals surface area (Å²) in [5, 5.41) is 7.97. The van der Waals surface area contributed by atoms with Gasteiger partial charge < -0.3 is 4.90 Å². The van der Waals surface area contributed by atoms with E-state index in [-0.39, 0.29) is 27.9 Å². The number of benzene rings is 1. The normalized spacial score (nSPS) is 14.5. The summed E-state index contributed by atoms with van der Waals surface area (Å²) >= 11 is 5.36. The summed E-state index contributed by atoms with van der Waals surface area (Å²) in [4.78, 5) is 31.2. The molecule has 0 aliphatic carbocycles. The highest BCUT2D eigenvalue weighted by molar-refractivity contribution is 7.71. The first-order chi connectivity index (χ1) is 12.7. The second kappa shape index (κ2) is 6.75. The predicted molar refractivity (Wildman–Crippen MR) is 95.5 cm³/mol. The van der Waals surface area contributed by atoms with E-state index in [4.69, 9.17) is 12.2 Å². The van der Waals surface area contributed by atoms with Gasteiger partial charge in [0.15, 0.2) is 11.3 Å². The number of fused-ring (bicyclic) bond motifs is 1. The molecule has 2 aromatic heterocycles. The zero-order valence-corrected chi connectivity index (χ0v) is 14.7. The van der Waals surface area contributed by atoms with E-state index in [1.54, 1.807) is 29.2 Å². The van der Waals surface area contributed by atoms with Crippen molar-refractivity contribution in [1.29, 1.82) is 0 Å². The number of aromatic nitrogens is 5. The van der Waals surface area contributed by atoms with Crippen molar-refractivity contribution in [1.82, 2.24) is 29.3 Å². The number of carbonyl (C=O) groups is 2. The van der Waals surface area contributed by atoms with Crippen molar-refractivity contribution in [3.63, 3.8) is 0 Å². The summed E-state index contributed by atoms with van der Waals surface area (Å²) in [5.41, 5.74) is 0.925. The van der Waals surface area contributed by atoms with Crippen LogP contribution >= 0.6 is 12.2 Å². The maximum absolute atomic E-state index is 12.7. The van der Waals surface area contributed by atoms with Gasteiger partial charge in [-0.1, -0.05) is 23.4 Å². The Morgan fingerprint density at radius 3 is 2.46 bits per heavy atom. The minimum absolute atomic E-state index is 0.119. The zero-order valence-electron chi connectivity index (χ0n) is 13.9. The van der Waals surface area contributed by atoms with Gasteiger partial charge in [-0.05, 0) is 43.6 Å². The number of imidazole rings is 1. The SMILES string of the molecule is O=C(c1ncn2c(=S)n(C(=O)c3ccccc3)nnc12)N1CCCCC1. The number of hydrogen-bond acceptors (Lipinski definition) is 6. The van der Waals surface area contributed by atoms with Crippen LogP contribution in [0.2, 0.25) is 0 Å². The molecule has 3 aromatic rings. The van der Waals surface area contributed by atoms with Gasteiger partial charge in [-0.2, -0.15) is 0 Å². The molecule has 8 nitrogen and oxygen atoms in total. The van der Waals surface area contributed by atoms with E-state index in [0.29, 0.717) is 18.7 Å². The Kier molecular flexibility index (Phi) is 4.29. The molecule has 0 N–H and O–H groups in total. The Balaban J connectivity index is 1.73. The van der Waals surface area contributed by atoms with Crippen molar-refractivity contribution in [2.75, 3.05) is 13.1 Å². The second-order valence-corrected chi connectivity index (χ2v) is 6.46. The van der Waals surface area contributed by atoms with Crippen molar-refractivity contribution >= 4 is 29.7 Å². The first kappa shape index (κ1) is 16.5. The molecule has 132 valence electrons. The maximum atomic E-state index is 12.7. The Hall–Kier alpha value is -2.94. The van der Waals surface area contributed by atoms with E-state index in [9.17, 15) is 9.59 Å². The fraction of sp³-hybridized carbons (Fsp3) is 0.294. The highest BCUT2D eigenvalue weighted by Crippen LogP contribution is 2.15. The summed E-state index contributed by atoms with van der Waals surface area (Å²) in [6.45, 7) is 1.43. The van der Waals surface area contributed by atoms with Crippen LogP contribution in [-0.4, -0.2) is 54.2 Å². The van der Waals surface area contributed by atoms with Crippen LogP contribution in [0, 0.1) is 4.77 Å². The van der Waals surface area contributed by atoms with E-state index < -0.39 is 0 Å². The molecule has 0 spiro atoms. The van der Waals surface area contributed by atoms with E-state index in [1.807, 2.05) is 6.07 Å². The minimum Gasteiger partial charge on any atom is -0.337 e. The second-order valence-electron chi connectivity index (χ2n) is 6.09. The van der Waals surface area contributed by atoms with Gasteiger partial charge in [0.2, 0.25) is 4.77 Å². The molecule has 1 saturated heterocycles. The Bertz CT molecular complexity index is 1040. The highest BCUT2D eigenvalue weighted by atomic mass is 32.1. The van der Waals surface area contributed by atoms with Gasteiger partial charge in [-0.3, -0.25) is 14.0 Å². The van der Waals surface area contributed by atoms with Crippen LogP contribution in [0.1, 0.15) is 40.1 Å². The number of piperidine rings is 1. The summed E-state index contributed by atoms with van der Waals surface area (Å²) in [6, 6.07) is 8.69. The van der Waals surface area contributed by atoms with Crippen molar-refractivity contribution in [2.45, 2.75) is 19.3 Å². The first-order valence-electron chi connectivity index (χ1n) is 8.39. The number of nitrogens with zero attached hydrogens (tertiary/aromatic N) is 6. The van der Waals surface area contributed by atoms with Crippen molar-refractivity contribution in [3.8, 4) is 0 Å². The fourth-order valence-electron chi connectivity index (χ4n) is 3.03. The molecule has 0 radical (unpaired) electrons. The van der Waals surface area contributed by atoms with E-state index in [2.05, 4.69) is 15.3 Å². The lowest BCUT2D eigenvalue weighted by molar-refractivity contribution is 0.0720. The lowest BCUT2D eigenvalue weighted by atomic mass is 10.1. The van der Waals surface area contributed by atoms with Gasteiger partial charge in [0, 0.05) is 18.7 Å². The number of likely N-dealkylation sites (tertiary alicyclic amines) is 1. The molecular formula is C17H16N6O2S. The lowest BCUT2D eigenvalue weighted by Crippen LogP contribution is -2.36. The largest absolute Gasteiger partial charge is 0.337 e. The molecule has 0 atom stereocenters. The van der Waals surface area contributed by atoms with E-state index in [0.717, 1.165) is 23.9 Å². The lowest BCUT2D eigenvalue weighted by Gasteiger charge is -2.25. The summed E-state index contributed by atoms with van der Waals surface area (Å²) in [6.07, 6.45) is 4.52. The highest BCUT2D eigenvalue weighted by Gasteiger charge is 2.24. The molecule has 0 saturated carbocycles. The molecule has 0 bridgehead atoms.